The molecule has 1 unspecified atom stereocenters. The van der Waals surface area contributed by atoms with Gasteiger partial charge in [0.1, 0.15) is 4.87 Å². The quantitative estimate of drug-likeness (QED) is 0.792. The van der Waals surface area contributed by atoms with Crippen LogP contribution in [-0.2, 0) is 0 Å². The molecular formula is C14H26N4OS. The Balaban J connectivity index is 2.32. The van der Waals surface area contributed by atoms with Gasteiger partial charge in [0.25, 0.3) is 0 Å². The van der Waals surface area contributed by atoms with Crippen molar-refractivity contribution in [3.63, 3.8) is 0 Å². The van der Waals surface area contributed by atoms with Crippen LogP contribution in [0.3, 0.4) is 0 Å². The standard InChI is InChI=1S/C14H26N4OS/c1-5-8-14(12(6-2)9-15-20-14)18-11-17(7-3)10-16(4)13(18)19/h9,15H,5-8,10-11H2,1-4H3. The molecule has 1 saturated heterocycles. The van der Waals surface area contributed by atoms with E-state index in [4.69, 9.17) is 0 Å². The molecule has 0 spiro atoms. The summed E-state index contributed by atoms with van der Waals surface area (Å²) >= 11 is 1.68. The summed E-state index contributed by atoms with van der Waals surface area (Å²) in [5.41, 5.74) is 1.32. The molecule has 2 aliphatic rings. The van der Waals surface area contributed by atoms with Crippen LogP contribution in [0.15, 0.2) is 11.8 Å². The van der Waals surface area contributed by atoms with E-state index in [9.17, 15) is 4.79 Å². The minimum absolute atomic E-state index is 0.138. The highest BCUT2D eigenvalue weighted by atomic mass is 32.2. The van der Waals surface area contributed by atoms with Gasteiger partial charge in [-0.2, -0.15) is 0 Å². The Morgan fingerprint density at radius 2 is 2.10 bits per heavy atom. The Kier molecular flexibility index (Phi) is 4.86. The van der Waals surface area contributed by atoms with E-state index in [1.54, 1.807) is 11.9 Å². The van der Waals surface area contributed by atoms with Gasteiger partial charge in [0.15, 0.2) is 0 Å². The molecule has 2 rings (SSSR count). The smallest absolute Gasteiger partial charge is 0.323 e. The summed E-state index contributed by atoms with van der Waals surface area (Å²) in [4.78, 5) is 18.6. The first-order valence-corrected chi connectivity index (χ1v) is 8.28. The number of hydrogen-bond acceptors (Lipinski definition) is 4. The minimum atomic E-state index is -0.220. The van der Waals surface area contributed by atoms with Crippen molar-refractivity contribution < 1.29 is 4.79 Å². The zero-order valence-corrected chi connectivity index (χ0v) is 13.8. The summed E-state index contributed by atoms with van der Waals surface area (Å²) in [6.45, 7) is 8.89. The van der Waals surface area contributed by atoms with Crippen LogP contribution in [0.1, 0.15) is 40.0 Å². The summed E-state index contributed by atoms with van der Waals surface area (Å²) in [7, 11) is 1.89. The third-order valence-corrected chi connectivity index (χ3v) is 5.39. The van der Waals surface area contributed by atoms with E-state index in [2.05, 4.69) is 36.6 Å². The van der Waals surface area contributed by atoms with Crippen molar-refractivity contribution in [1.82, 2.24) is 19.4 Å². The van der Waals surface area contributed by atoms with E-state index in [1.165, 1.54) is 5.57 Å². The lowest BCUT2D eigenvalue weighted by molar-refractivity contribution is 0.0247. The summed E-state index contributed by atoms with van der Waals surface area (Å²) in [6.07, 6.45) is 5.10. The number of urea groups is 1. The topological polar surface area (TPSA) is 38.8 Å². The molecule has 1 atom stereocenters. The lowest BCUT2D eigenvalue weighted by Gasteiger charge is -2.49. The van der Waals surface area contributed by atoms with Crippen LogP contribution in [0.2, 0.25) is 0 Å². The average molecular weight is 298 g/mol. The van der Waals surface area contributed by atoms with Gasteiger partial charge in [-0.3, -0.25) is 9.80 Å². The van der Waals surface area contributed by atoms with E-state index in [-0.39, 0.29) is 10.9 Å². The Hall–Kier alpha value is -0.880. The van der Waals surface area contributed by atoms with E-state index in [1.807, 2.05) is 16.8 Å². The van der Waals surface area contributed by atoms with E-state index in [0.717, 1.165) is 32.5 Å². The van der Waals surface area contributed by atoms with Crippen molar-refractivity contribution in [1.29, 1.82) is 0 Å². The highest BCUT2D eigenvalue weighted by Crippen LogP contribution is 2.45. The monoisotopic (exact) mass is 298 g/mol. The van der Waals surface area contributed by atoms with Gasteiger partial charge in [0.05, 0.1) is 13.3 Å². The van der Waals surface area contributed by atoms with Crippen LogP contribution in [0.5, 0.6) is 0 Å². The molecule has 1 N–H and O–H groups in total. The molecule has 1 fully saturated rings. The Labute approximate surface area is 126 Å². The van der Waals surface area contributed by atoms with Gasteiger partial charge < -0.3 is 9.62 Å². The molecule has 2 amide bonds. The number of rotatable bonds is 5. The number of nitrogens with one attached hydrogen (secondary N) is 1. The fourth-order valence-electron chi connectivity index (χ4n) is 3.01. The largest absolute Gasteiger partial charge is 0.334 e. The predicted molar refractivity (Wildman–Crippen MR) is 83.9 cm³/mol. The molecule has 114 valence electrons. The van der Waals surface area contributed by atoms with Gasteiger partial charge in [-0.05, 0) is 36.9 Å². The third kappa shape index (κ3) is 2.51. The lowest BCUT2D eigenvalue weighted by Crippen LogP contribution is -2.63. The van der Waals surface area contributed by atoms with Gasteiger partial charge in [0, 0.05) is 13.2 Å². The molecule has 6 heteroatoms. The van der Waals surface area contributed by atoms with E-state index < -0.39 is 0 Å². The zero-order valence-electron chi connectivity index (χ0n) is 13.0. The van der Waals surface area contributed by atoms with Crippen molar-refractivity contribution in [2.75, 3.05) is 26.9 Å². The summed E-state index contributed by atoms with van der Waals surface area (Å²) in [5, 5.41) is 0. The average Bonchev–Trinajstić information content (AvgIpc) is 2.85. The molecular weight excluding hydrogens is 272 g/mol. The maximum Gasteiger partial charge on any atom is 0.323 e. The number of nitrogens with zero attached hydrogens (tertiary/aromatic N) is 3. The van der Waals surface area contributed by atoms with Gasteiger partial charge in [-0.1, -0.05) is 27.2 Å². The molecule has 0 radical (unpaired) electrons. The lowest BCUT2D eigenvalue weighted by atomic mass is 9.98. The van der Waals surface area contributed by atoms with Crippen molar-refractivity contribution in [2.24, 2.45) is 0 Å². The van der Waals surface area contributed by atoms with Crippen LogP contribution in [-0.4, -0.2) is 52.5 Å². The molecule has 2 aliphatic heterocycles. The Bertz CT molecular complexity index is 401. The first kappa shape index (κ1) is 15.5. The predicted octanol–water partition coefficient (Wildman–Crippen LogP) is 2.63. The van der Waals surface area contributed by atoms with Gasteiger partial charge >= 0.3 is 6.03 Å². The summed E-state index contributed by atoms with van der Waals surface area (Å²) < 4.78 is 3.29. The summed E-state index contributed by atoms with van der Waals surface area (Å²) in [5.74, 6) is 0. The third-order valence-electron chi connectivity index (χ3n) is 4.13. The molecule has 2 heterocycles. The SMILES string of the molecule is CCCC1(N2CN(CC)CN(C)C2=O)SNC=C1CC. The number of hydrogen-bond donors (Lipinski definition) is 1. The second-order valence-corrected chi connectivity index (χ2v) is 6.57. The zero-order chi connectivity index (χ0) is 14.8. The Morgan fingerprint density at radius 3 is 2.70 bits per heavy atom. The fourth-order valence-corrected chi connectivity index (χ4v) is 4.29. The minimum Gasteiger partial charge on any atom is -0.334 e. The highest BCUT2D eigenvalue weighted by Gasteiger charge is 2.48. The number of carbonyl (C=O) groups is 1. The van der Waals surface area contributed by atoms with Crippen LogP contribution in [0.25, 0.3) is 0 Å². The van der Waals surface area contributed by atoms with Gasteiger partial charge in [-0.25, -0.2) is 4.79 Å². The fraction of sp³-hybridized carbons (Fsp3) is 0.786. The van der Waals surface area contributed by atoms with Crippen LogP contribution < -0.4 is 4.72 Å². The maximum atomic E-state index is 12.7. The molecule has 0 aromatic carbocycles. The van der Waals surface area contributed by atoms with Crippen molar-refractivity contribution in [3.05, 3.63) is 11.8 Å². The number of carbonyl (C=O) groups excluding carboxylic acids is 1. The van der Waals surface area contributed by atoms with Crippen molar-refractivity contribution in [2.45, 2.75) is 44.9 Å². The molecule has 0 aromatic heterocycles. The van der Waals surface area contributed by atoms with Gasteiger partial charge in [-0.15, -0.1) is 0 Å². The maximum absolute atomic E-state index is 12.7. The van der Waals surface area contributed by atoms with E-state index in [0.29, 0.717) is 6.67 Å². The summed E-state index contributed by atoms with van der Waals surface area (Å²) in [6, 6.07) is 0.138. The second-order valence-electron chi connectivity index (χ2n) is 5.46. The highest BCUT2D eigenvalue weighted by molar-refractivity contribution is 7.99. The second kappa shape index (κ2) is 6.26. The molecule has 0 saturated carbocycles. The molecule has 0 aromatic rings. The van der Waals surface area contributed by atoms with Gasteiger partial charge in [0.2, 0.25) is 0 Å². The normalized spacial score (nSPS) is 27.8. The van der Waals surface area contributed by atoms with Crippen LogP contribution in [0.4, 0.5) is 4.79 Å². The first-order chi connectivity index (χ1) is 9.58. The first-order valence-electron chi connectivity index (χ1n) is 7.47. The van der Waals surface area contributed by atoms with Crippen LogP contribution in [0, 0.1) is 0 Å². The molecule has 5 nitrogen and oxygen atoms in total. The number of amides is 2. The molecule has 0 bridgehead atoms. The van der Waals surface area contributed by atoms with Crippen molar-refractivity contribution in [3.8, 4) is 0 Å². The molecule has 20 heavy (non-hydrogen) atoms. The Morgan fingerprint density at radius 1 is 1.35 bits per heavy atom. The molecule has 0 aliphatic carbocycles. The van der Waals surface area contributed by atoms with Crippen molar-refractivity contribution >= 4 is 18.0 Å². The van der Waals surface area contributed by atoms with E-state index >= 15 is 0 Å². The van der Waals surface area contributed by atoms with Crippen LogP contribution >= 0.6 is 11.9 Å².